The van der Waals surface area contributed by atoms with E-state index in [4.69, 9.17) is 14.1 Å². The third kappa shape index (κ3) is 3.55. The average Bonchev–Trinajstić information content (AvgIpc) is 3.53. The Morgan fingerprint density at radius 2 is 1.90 bits per heavy atom. The number of ether oxygens (including phenoxy) is 1. The molecule has 0 unspecified atom stereocenters. The van der Waals surface area contributed by atoms with Gasteiger partial charge in [-0.15, -0.1) is 5.10 Å². The summed E-state index contributed by atoms with van der Waals surface area (Å²) in [6.45, 7) is 0.483. The van der Waals surface area contributed by atoms with Crippen LogP contribution in [0, 0.1) is 0 Å². The Bertz CT molecular complexity index is 1260. The van der Waals surface area contributed by atoms with Crippen LogP contribution in [0.4, 0.5) is 0 Å². The quantitative estimate of drug-likeness (QED) is 0.370. The Morgan fingerprint density at radius 1 is 1.03 bits per heavy atom. The molecule has 0 atom stereocenters. The number of para-hydroxylation sites is 2. The molecule has 0 fully saturated rings. The molecule has 0 aliphatic heterocycles. The Morgan fingerprint density at radius 3 is 2.70 bits per heavy atom. The molecular weight excluding hydrogens is 400 g/mol. The van der Waals surface area contributed by atoms with Gasteiger partial charge in [-0.25, -0.2) is 9.67 Å². The lowest BCUT2D eigenvalue weighted by atomic mass is 10.2. The standard InChI is InChI=1S/C21H18N6O2S/c1-28-16-10-8-15(9-11-16)27-19-7-3-2-6-18(19)22-20(27)14-30-21-23-24-25-26(21)13-17-5-4-12-29-17/h2-12H,13-14H2,1H3. The molecule has 2 aromatic carbocycles. The van der Waals surface area contributed by atoms with Gasteiger partial charge in [-0.3, -0.25) is 4.57 Å². The van der Waals surface area contributed by atoms with Gasteiger partial charge in [0.25, 0.3) is 0 Å². The van der Waals surface area contributed by atoms with Gasteiger partial charge in [0, 0.05) is 5.69 Å². The molecule has 30 heavy (non-hydrogen) atoms. The van der Waals surface area contributed by atoms with Crippen LogP contribution in [0.1, 0.15) is 11.6 Å². The van der Waals surface area contributed by atoms with Crippen molar-refractivity contribution >= 4 is 22.8 Å². The van der Waals surface area contributed by atoms with Crippen LogP contribution >= 0.6 is 11.8 Å². The lowest BCUT2D eigenvalue weighted by molar-refractivity contribution is 0.414. The highest BCUT2D eigenvalue weighted by Crippen LogP contribution is 2.27. The van der Waals surface area contributed by atoms with Gasteiger partial charge in [0.05, 0.1) is 30.2 Å². The molecule has 0 radical (unpaired) electrons. The fourth-order valence-electron chi connectivity index (χ4n) is 3.27. The Labute approximate surface area is 176 Å². The zero-order valence-electron chi connectivity index (χ0n) is 16.2. The van der Waals surface area contributed by atoms with E-state index in [0.29, 0.717) is 17.5 Å². The number of benzene rings is 2. The number of hydrogen-bond acceptors (Lipinski definition) is 7. The first kappa shape index (κ1) is 18.4. The van der Waals surface area contributed by atoms with Gasteiger partial charge < -0.3 is 9.15 Å². The van der Waals surface area contributed by atoms with Gasteiger partial charge in [0.15, 0.2) is 0 Å². The van der Waals surface area contributed by atoms with Crippen molar-refractivity contribution in [3.05, 3.63) is 78.5 Å². The van der Waals surface area contributed by atoms with Crippen LogP contribution in [0.25, 0.3) is 16.7 Å². The van der Waals surface area contributed by atoms with Crippen molar-refractivity contribution in [1.29, 1.82) is 0 Å². The number of aromatic nitrogens is 6. The first-order valence-corrected chi connectivity index (χ1v) is 10.3. The predicted molar refractivity (Wildman–Crippen MR) is 113 cm³/mol. The summed E-state index contributed by atoms with van der Waals surface area (Å²) >= 11 is 1.54. The second-order valence-corrected chi connectivity index (χ2v) is 7.48. The summed E-state index contributed by atoms with van der Waals surface area (Å²) in [5, 5.41) is 12.8. The number of fused-ring (bicyclic) bond motifs is 1. The molecule has 5 aromatic rings. The summed E-state index contributed by atoms with van der Waals surface area (Å²) in [6, 6.07) is 19.8. The highest BCUT2D eigenvalue weighted by atomic mass is 32.2. The van der Waals surface area contributed by atoms with Crippen LogP contribution in [0.5, 0.6) is 5.75 Å². The van der Waals surface area contributed by atoms with Crippen molar-refractivity contribution in [2.75, 3.05) is 7.11 Å². The Hall–Kier alpha value is -3.59. The molecule has 0 saturated carbocycles. The maximum Gasteiger partial charge on any atom is 0.210 e. The molecule has 0 amide bonds. The van der Waals surface area contributed by atoms with E-state index >= 15 is 0 Å². The highest BCUT2D eigenvalue weighted by molar-refractivity contribution is 7.98. The lowest BCUT2D eigenvalue weighted by Gasteiger charge is -2.10. The van der Waals surface area contributed by atoms with E-state index in [9.17, 15) is 0 Å². The second kappa shape index (κ2) is 8.03. The van der Waals surface area contributed by atoms with Crippen LogP contribution in [-0.2, 0) is 12.3 Å². The third-order valence-electron chi connectivity index (χ3n) is 4.68. The fourth-order valence-corrected chi connectivity index (χ4v) is 4.07. The summed E-state index contributed by atoms with van der Waals surface area (Å²) in [5.41, 5.74) is 3.02. The van der Waals surface area contributed by atoms with Gasteiger partial charge in [-0.1, -0.05) is 23.9 Å². The van der Waals surface area contributed by atoms with E-state index in [2.05, 4.69) is 26.2 Å². The highest BCUT2D eigenvalue weighted by Gasteiger charge is 2.15. The van der Waals surface area contributed by atoms with Gasteiger partial charge in [0.2, 0.25) is 5.16 Å². The van der Waals surface area contributed by atoms with Gasteiger partial charge in [-0.2, -0.15) is 0 Å². The Balaban J connectivity index is 1.46. The van der Waals surface area contributed by atoms with Crippen LogP contribution in [0.15, 0.2) is 76.5 Å². The van der Waals surface area contributed by atoms with Crippen molar-refractivity contribution in [2.45, 2.75) is 17.5 Å². The van der Waals surface area contributed by atoms with Crippen molar-refractivity contribution in [3.8, 4) is 11.4 Å². The van der Waals surface area contributed by atoms with E-state index < -0.39 is 0 Å². The number of imidazole rings is 1. The maximum atomic E-state index is 5.41. The molecule has 0 aliphatic carbocycles. The SMILES string of the molecule is COc1ccc(-n2c(CSc3nnnn3Cc3ccco3)nc3ccccc32)cc1. The van der Waals surface area contributed by atoms with Crippen molar-refractivity contribution < 1.29 is 9.15 Å². The van der Waals surface area contributed by atoms with Crippen LogP contribution in [-0.4, -0.2) is 36.9 Å². The smallest absolute Gasteiger partial charge is 0.210 e. The van der Waals surface area contributed by atoms with E-state index in [1.807, 2.05) is 54.6 Å². The number of nitrogens with zero attached hydrogens (tertiary/aromatic N) is 6. The molecule has 5 rings (SSSR count). The summed E-state index contributed by atoms with van der Waals surface area (Å²) in [5.74, 6) is 3.14. The summed E-state index contributed by atoms with van der Waals surface area (Å²) in [7, 11) is 1.66. The summed E-state index contributed by atoms with van der Waals surface area (Å²) in [6.07, 6.45) is 1.64. The largest absolute Gasteiger partial charge is 0.497 e. The molecule has 0 aliphatic rings. The normalized spacial score (nSPS) is 11.2. The fraction of sp³-hybridized carbons (Fsp3) is 0.143. The summed E-state index contributed by atoms with van der Waals surface area (Å²) in [4.78, 5) is 4.85. The summed E-state index contributed by atoms with van der Waals surface area (Å²) < 4.78 is 14.6. The number of thioether (sulfide) groups is 1. The molecule has 9 heteroatoms. The second-order valence-electron chi connectivity index (χ2n) is 6.54. The minimum atomic E-state index is 0.483. The van der Waals surface area contributed by atoms with Crippen LogP contribution in [0.3, 0.4) is 0 Å². The number of hydrogen-bond donors (Lipinski definition) is 0. The monoisotopic (exact) mass is 418 g/mol. The van der Waals surface area contributed by atoms with Crippen molar-refractivity contribution in [3.63, 3.8) is 0 Å². The molecular formula is C21H18N6O2S. The zero-order valence-corrected chi connectivity index (χ0v) is 17.0. The molecule has 150 valence electrons. The molecule has 8 nitrogen and oxygen atoms in total. The van der Waals surface area contributed by atoms with Crippen LogP contribution < -0.4 is 4.74 Å². The number of methoxy groups -OCH3 is 1. The molecule has 0 N–H and O–H groups in total. The third-order valence-corrected chi connectivity index (χ3v) is 5.63. The van der Waals surface area contributed by atoms with Gasteiger partial charge in [0.1, 0.15) is 23.9 Å². The van der Waals surface area contributed by atoms with Crippen LogP contribution in [0.2, 0.25) is 0 Å². The van der Waals surface area contributed by atoms with E-state index in [-0.39, 0.29) is 0 Å². The van der Waals surface area contributed by atoms with E-state index in [0.717, 1.165) is 34.1 Å². The molecule has 3 heterocycles. The number of furan rings is 1. The maximum absolute atomic E-state index is 5.41. The topological polar surface area (TPSA) is 83.8 Å². The van der Waals surface area contributed by atoms with E-state index in [1.165, 1.54) is 11.8 Å². The molecule has 0 spiro atoms. The van der Waals surface area contributed by atoms with E-state index in [1.54, 1.807) is 18.1 Å². The first-order valence-electron chi connectivity index (χ1n) is 9.34. The van der Waals surface area contributed by atoms with Gasteiger partial charge >= 0.3 is 0 Å². The molecule has 0 saturated heterocycles. The molecule has 3 aromatic heterocycles. The number of rotatable bonds is 7. The minimum absolute atomic E-state index is 0.483. The van der Waals surface area contributed by atoms with Crippen molar-refractivity contribution in [1.82, 2.24) is 29.8 Å². The zero-order chi connectivity index (χ0) is 20.3. The van der Waals surface area contributed by atoms with Gasteiger partial charge in [-0.05, 0) is 59.0 Å². The van der Waals surface area contributed by atoms with Crippen molar-refractivity contribution in [2.24, 2.45) is 0 Å². The first-order chi connectivity index (χ1) is 14.8. The molecule has 0 bridgehead atoms. The Kier molecular flexibility index (Phi) is 4.94. The number of tetrazole rings is 1. The lowest BCUT2D eigenvalue weighted by Crippen LogP contribution is -2.04. The minimum Gasteiger partial charge on any atom is -0.497 e. The average molecular weight is 418 g/mol. The predicted octanol–water partition coefficient (Wildman–Crippen LogP) is 3.95.